The summed E-state index contributed by atoms with van der Waals surface area (Å²) in [6.45, 7) is 3.86. The van der Waals surface area contributed by atoms with E-state index in [0.29, 0.717) is 5.16 Å². The van der Waals surface area contributed by atoms with Crippen molar-refractivity contribution in [2.75, 3.05) is 18.2 Å². The maximum atomic E-state index is 12.3. The molecule has 0 saturated carbocycles. The Morgan fingerprint density at radius 1 is 1.19 bits per heavy atom. The number of carbonyl (C=O) groups is 1. The quantitative estimate of drug-likeness (QED) is 0.568. The van der Waals surface area contributed by atoms with Crippen LogP contribution < -0.4 is 10.1 Å². The third-order valence-electron chi connectivity index (χ3n) is 3.90. The van der Waals surface area contributed by atoms with E-state index in [1.54, 1.807) is 7.11 Å². The van der Waals surface area contributed by atoms with Gasteiger partial charge in [-0.25, -0.2) is 0 Å². The van der Waals surface area contributed by atoms with E-state index in [0.717, 1.165) is 33.0 Å². The van der Waals surface area contributed by atoms with Gasteiger partial charge in [0.2, 0.25) is 5.91 Å². The van der Waals surface area contributed by atoms with Crippen LogP contribution in [0.1, 0.15) is 11.4 Å². The molecule has 0 spiro atoms. The molecule has 1 heterocycles. The number of carbonyl (C=O) groups excluding carboxylic acids is 1. The van der Waals surface area contributed by atoms with Crippen LogP contribution in [0.5, 0.6) is 5.75 Å². The lowest BCUT2D eigenvalue weighted by molar-refractivity contribution is -0.113. The zero-order valence-corrected chi connectivity index (χ0v) is 17.6. The van der Waals surface area contributed by atoms with Crippen molar-refractivity contribution in [3.05, 3.63) is 58.3 Å². The molecular weight excluding hydrogens is 428 g/mol. The number of nitrogens with zero attached hydrogens (tertiary/aromatic N) is 3. The minimum atomic E-state index is -0.0938. The summed E-state index contributed by atoms with van der Waals surface area (Å²) in [4.78, 5) is 12.3. The van der Waals surface area contributed by atoms with Gasteiger partial charge in [0.25, 0.3) is 0 Å². The molecule has 0 aliphatic rings. The average molecular weight is 447 g/mol. The van der Waals surface area contributed by atoms with Crippen LogP contribution in [0.15, 0.2) is 52.1 Å². The minimum absolute atomic E-state index is 0.0938. The summed E-state index contributed by atoms with van der Waals surface area (Å²) in [5.74, 6) is 1.68. The highest BCUT2D eigenvalue weighted by Crippen LogP contribution is 2.24. The number of thioether (sulfide) groups is 1. The Morgan fingerprint density at radius 2 is 1.93 bits per heavy atom. The Labute approximate surface area is 170 Å². The van der Waals surface area contributed by atoms with Gasteiger partial charge in [-0.3, -0.25) is 9.36 Å². The van der Waals surface area contributed by atoms with E-state index in [4.69, 9.17) is 4.74 Å². The van der Waals surface area contributed by atoms with Crippen LogP contribution in [0.4, 0.5) is 5.69 Å². The van der Waals surface area contributed by atoms with E-state index >= 15 is 0 Å². The van der Waals surface area contributed by atoms with Gasteiger partial charge in [0.05, 0.1) is 12.9 Å². The van der Waals surface area contributed by atoms with Crippen LogP contribution in [0.3, 0.4) is 0 Å². The summed E-state index contributed by atoms with van der Waals surface area (Å²) in [7, 11) is 1.63. The van der Waals surface area contributed by atoms with Crippen molar-refractivity contribution in [3.8, 4) is 11.4 Å². The number of anilines is 1. The maximum absolute atomic E-state index is 12.3. The standard InChI is InChI=1S/C19H19BrN4O2S/c1-12-10-14(4-9-17(12)20)21-18(25)11-27-19-23-22-13(2)24(19)15-5-7-16(26-3)8-6-15/h4-10H,11H2,1-3H3,(H,21,25). The molecule has 0 aliphatic carbocycles. The van der Waals surface area contributed by atoms with Crippen LogP contribution in [0.2, 0.25) is 0 Å². The second-order valence-corrected chi connectivity index (χ2v) is 7.66. The number of rotatable bonds is 6. The van der Waals surface area contributed by atoms with Gasteiger partial charge in [0, 0.05) is 15.8 Å². The average Bonchev–Trinajstić information content (AvgIpc) is 3.03. The fourth-order valence-corrected chi connectivity index (χ4v) is 3.56. The van der Waals surface area contributed by atoms with Gasteiger partial charge in [0.15, 0.2) is 5.16 Å². The molecule has 1 aromatic heterocycles. The molecule has 1 amide bonds. The number of hydrogen-bond donors (Lipinski definition) is 1. The zero-order chi connectivity index (χ0) is 19.4. The normalized spacial score (nSPS) is 10.7. The van der Waals surface area contributed by atoms with E-state index < -0.39 is 0 Å². The number of nitrogens with one attached hydrogen (secondary N) is 1. The summed E-state index contributed by atoms with van der Waals surface area (Å²) in [6, 6.07) is 13.3. The Kier molecular flexibility index (Phi) is 6.18. The molecule has 0 bridgehead atoms. The lowest BCUT2D eigenvalue weighted by Gasteiger charge is -2.10. The number of methoxy groups -OCH3 is 1. The van der Waals surface area contributed by atoms with Crippen LogP contribution in [-0.2, 0) is 4.79 Å². The third-order valence-corrected chi connectivity index (χ3v) is 5.72. The van der Waals surface area contributed by atoms with Gasteiger partial charge in [-0.15, -0.1) is 10.2 Å². The highest BCUT2D eigenvalue weighted by molar-refractivity contribution is 9.10. The molecule has 3 aromatic rings. The predicted molar refractivity (Wildman–Crippen MR) is 111 cm³/mol. The molecule has 27 heavy (non-hydrogen) atoms. The van der Waals surface area contributed by atoms with Crippen molar-refractivity contribution in [1.29, 1.82) is 0 Å². The molecule has 2 aromatic carbocycles. The Morgan fingerprint density at radius 3 is 2.59 bits per heavy atom. The second-order valence-electron chi connectivity index (χ2n) is 5.86. The lowest BCUT2D eigenvalue weighted by atomic mass is 10.2. The number of ether oxygens (including phenoxy) is 1. The lowest BCUT2D eigenvalue weighted by Crippen LogP contribution is -2.14. The molecule has 3 rings (SSSR count). The van der Waals surface area contributed by atoms with E-state index in [9.17, 15) is 4.79 Å². The molecule has 0 fully saturated rings. The highest BCUT2D eigenvalue weighted by atomic mass is 79.9. The first-order valence-electron chi connectivity index (χ1n) is 8.23. The number of aryl methyl sites for hydroxylation is 2. The monoisotopic (exact) mass is 446 g/mol. The Hall–Kier alpha value is -2.32. The number of aromatic nitrogens is 3. The molecule has 0 aliphatic heterocycles. The fraction of sp³-hybridized carbons (Fsp3) is 0.211. The van der Waals surface area contributed by atoms with E-state index in [-0.39, 0.29) is 11.7 Å². The van der Waals surface area contributed by atoms with Crippen molar-refractivity contribution in [1.82, 2.24) is 14.8 Å². The van der Waals surface area contributed by atoms with Gasteiger partial charge in [-0.2, -0.15) is 0 Å². The summed E-state index contributed by atoms with van der Waals surface area (Å²) < 4.78 is 8.13. The molecule has 8 heteroatoms. The fourth-order valence-electron chi connectivity index (χ4n) is 2.51. The van der Waals surface area contributed by atoms with Gasteiger partial charge < -0.3 is 10.1 Å². The molecule has 0 atom stereocenters. The first kappa shape index (κ1) is 19.4. The molecule has 6 nitrogen and oxygen atoms in total. The summed E-state index contributed by atoms with van der Waals surface area (Å²) >= 11 is 4.80. The predicted octanol–water partition coefficient (Wildman–Crippen LogP) is 4.39. The summed E-state index contributed by atoms with van der Waals surface area (Å²) in [5.41, 5.74) is 2.76. The SMILES string of the molecule is COc1ccc(-n2c(C)nnc2SCC(=O)Nc2ccc(Br)c(C)c2)cc1. The second kappa shape index (κ2) is 8.58. The first-order chi connectivity index (χ1) is 13.0. The van der Waals surface area contributed by atoms with Crippen molar-refractivity contribution in [2.45, 2.75) is 19.0 Å². The third kappa shape index (κ3) is 4.70. The molecule has 0 saturated heterocycles. The van der Waals surface area contributed by atoms with Crippen molar-refractivity contribution < 1.29 is 9.53 Å². The smallest absolute Gasteiger partial charge is 0.234 e. The van der Waals surface area contributed by atoms with Gasteiger partial charge in [-0.1, -0.05) is 27.7 Å². The van der Waals surface area contributed by atoms with Crippen LogP contribution >= 0.6 is 27.7 Å². The highest BCUT2D eigenvalue weighted by Gasteiger charge is 2.14. The molecule has 0 unspecified atom stereocenters. The van der Waals surface area contributed by atoms with Crippen LogP contribution in [0, 0.1) is 13.8 Å². The molecular formula is C19H19BrN4O2S. The molecule has 140 valence electrons. The number of amides is 1. The van der Waals surface area contributed by atoms with Crippen LogP contribution in [-0.4, -0.2) is 33.5 Å². The Balaban J connectivity index is 1.69. The van der Waals surface area contributed by atoms with Gasteiger partial charge in [-0.05, 0) is 61.9 Å². The topological polar surface area (TPSA) is 69.0 Å². The van der Waals surface area contributed by atoms with Gasteiger partial charge >= 0.3 is 0 Å². The Bertz CT molecular complexity index is 957. The van der Waals surface area contributed by atoms with E-state index in [2.05, 4.69) is 31.4 Å². The van der Waals surface area contributed by atoms with Crippen LogP contribution in [0.25, 0.3) is 5.69 Å². The summed E-state index contributed by atoms with van der Waals surface area (Å²) in [6.07, 6.45) is 0. The number of hydrogen-bond acceptors (Lipinski definition) is 5. The number of benzene rings is 2. The van der Waals surface area contributed by atoms with Gasteiger partial charge in [0.1, 0.15) is 11.6 Å². The number of halogens is 1. The van der Waals surface area contributed by atoms with Crippen molar-refractivity contribution >= 4 is 39.3 Å². The zero-order valence-electron chi connectivity index (χ0n) is 15.2. The minimum Gasteiger partial charge on any atom is -0.497 e. The summed E-state index contributed by atoms with van der Waals surface area (Å²) in [5, 5.41) is 11.9. The van der Waals surface area contributed by atoms with Crippen molar-refractivity contribution in [3.63, 3.8) is 0 Å². The van der Waals surface area contributed by atoms with E-state index in [1.165, 1.54) is 11.8 Å². The molecule has 1 N–H and O–H groups in total. The van der Waals surface area contributed by atoms with E-state index in [1.807, 2.05) is 60.9 Å². The largest absolute Gasteiger partial charge is 0.497 e. The maximum Gasteiger partial charge on any atom is 0.234 e. The van der Waals surface area contributed by atoms with Crippen molar-refractivity contribution in [2.24, 2.45) is 0 Å². The molecule has 0 radical (unpaired) electrons. The first-order valence-corrected chi connectivity index (χ1v) is 10.0.